The topological polar surface area (TPSA) is 135 Å². The number of carbonyl (C=O) groups excluding carboxylic acids is 2. The van der Waals surface area contributed by atoms with Crippen molar-refractivity contribution in [1.82, 2.24) is 14.9 Å². The summed E-state index contributed by atoms with van der Waals surface area (Å²) >= 11 is 11.9. The molecule has 0 bridgehead atoms. The third-order valence-electron chi connectivity index (χ3n) is 9.31. The molecule has 2 amide bonds. The van der Waals surface area contributed by atoms with E-state index in [0.29, 0.717) is 41.1 Å². The lowest BCUT2D eigenvalue weighted by molar-refractivity contribution is 0.0292. The van der Waals surface area contributed by atoms with Gasteiger partial charge in [0.05, 0.1) is 34.2 Å². The maximum Gasteiger partial charge on any atom is 0.410 e. The summed E-state index contributed by atoms with van der Waals surface area (Å²) in [5.74, 6) is -0.0477. The van der Waals surface area contributed by atoms with Gasteiger partial charge in [0, 0.05) is 60.9 Å². The summed E-state index contributed by atoms with van der Waals surface area (Å²) in [7, 11) is 0. The first-order valence-electron chi connectivity index (χ1n) is 17.7. The molecular weight excluding hydrogens is 721 g/mol. The summed E-state index contributed by atoms with van der Waals surface area (Å²) in [4.78, 5) is 44.8. The number of aromatic nitrogens is 2. The number of amides is 2. The first-order valence-corrected chi connectivity index (χ1v) is 18.4. The van der Waals surface area contributed by atoms with E-state index >= 15 is 0 Å². The number of nitrogens with one attached hydrogen (secondary N) is 1. The minimum atomic E-state index is -0.527. The highest BCUT2D eigenvalue weighted by atomic mass is 35.5. The predicted octanol–water partition coefficient (Wildman–Crippen LogP) is 9.38. The number of aliphatic imine (C=N–C) groups is 2. The molecule has 3 aromatic carbocycles. The van der Waals surface area contributed by atoms with E-state index in [9.17, 15) is 9.59 Å². The Bertz CT molecular complexity index is 2320. The fourth-order valence-electron chi connectivity index (χ4n) is 6.72. The summed E-state index contributed by atoms with van der Waals surface area (Å²) in [6, 6.07) is 26.7. The Kier molecular flexibility index (Phi) is 10.5. The number of ether oxygens (including phenoxy) is 1. The highest BCUT2D eigenvalue weighted by Gasteiger charge is 2.31. The predicted molar refractivity (Wildman–Crippen MR) is 215 cm³/mol. The van der Waals surface area contributed by atoms with Crippen LogP contribution in [-0.4, -0.2) is 57.0 Å². The average molecular weight is 761 g/mol. The van der Waals surface area contributed by atoms with Gasteiger partial charge in [-0.1, -0.05) is 59.6 Å². The van der Waals surface area contributed by atoms with Crippen molar-refractivity contribution in [2.45, 2.75) is 51.6 Å². The molecule has 3 N–H and O–H groups in total. The molecule has 12 heteroatoms. The summed E-state index contributed by atoms with van der Waals surface area (Å²) in [5.41, 5.74) is 16.0. The molecule has 8 rings (SSSR count). The molecule has 0 radical (unpaired) electrons. The number of pyridine rings is 2. The third-order valence-corrected chi connectivity index (χ3v) is 9.72. The number of benzene rings is 3. The zero-order valence-electron chi connectivity index (χ0n) is 30.1. The lowest BCUT2D eigenvalue weighted by Gasteiger charge is -2.24. The molecular formula is C42H39Cl2N7O3. The maximum absolute atomic E-state index is 13.2. The zero-order valence-corrected chi connectivity index (χ0v) is 31.7. The largest absolute Gasteiger partial charge is 0.444 e. The van der Waals surface area contributed by atoms with Gasteiger partial charge in [0.2, 0.25) is 0 Å². The first kappa shape index (κ1) is 36.8. The fourth-order valence-corrected chi connectivity index (χ4v) is 7.06. The molecule has 5 aromatic rings. The maximum atomic E-state index is 13.2. The van der Waals surface area contributed by atoms with Crippen LogP contribution in [0.25, 0.3) is 0 Å². The van der Waals surface area contributed by atoms with Gasteiger partial charge in [0.15, 0.2) is 0 Å². The van der Waals surface area contributed by atoms with Gasteiger partial charge >= 0.3 is 6.09 Å². The van der Waals surface area contributed by atoms with Crippen molar-refractivity contribution in [2.75, 3.05) is 24.1 Å². The van der Waals surface area contributed by atoms with E-state index < -0.39 is 5.60 Å². The number of hydrogen-bond donors (Lipinski definition) is 2. The van der Waals surface area contributed by atoms with E-state index in [-0.39, 0.29) is 17.9 Å². The number of nitrogen functional groups attached to an aromatic ring is 1. The number of hydrogen-bond acceptors (Lipinski definition) is 8. The molecule has 0 saturated carbocycles. The van der Waals surface area contributed by atoms with Crippen molar-refractivity contribution in [2.24, 2.45) is 9.98 Å². The van der Waals surface area contributed by atoms with Crippen LogP contribution in [0.1, 0.15) is 71.3 Å². The Morgan fingerprint density at radius 2 is 1.43 bits per heavy atom. The molecule has 10 nitrogen and oxygen atoms in total. The van der Waals surface area contributed by atoms with Crippen LogP contribution >= 0.6 is 23.2 Å². The normalized spacial score (nSPS) is 15.7. The van der Waals surface area contributed by atoms with Crippen molar-refractivity contribution < 1.29 is 14.3 Å². The highest BCUT2D eigenvalue weighted by Crippen LogP contribution is 2.37. The van der Waals surface area contributed by atoms with Gasteiger partial charge in [0.1, 0.15) is 15.9 Å². The molecule has 2 aromatic heterocycles. The Labute approximate surface area is 324 Å². The van der Waals surface area contributed by atoms with E-state index in [0.717, 1.165) is 69.1 Å². The van der Waals surface area contributed by atoms with Crippen LogP contribution in [0.3, 0.4) is 0 Å². The van der Waals surface area contributed by atoms with Gasteiger partial charge in [0.25, 0.3) is 5.91 Å². The standard InChI is InChI=1S/C29H29ClN4O3.C13H10ClN3/c1-29(2,3)37-28(36)34-13-11-22(17-34)18-6-4-8-21(14-18)27(35)33-23-9-5-7-20-15-24(32-26(20)23)19-10-12-31-25(30)16-19;14-12-7-8(4-5-16-12)11-6-9-2-1-3-10(15)13(9)17-11/h4-10,12,14,16,22H,11,13,15,17H2,1-3H3,(H,33,35);1-5,7H,6,15H2. The van der Waals surface area contributed by atoms with Crippen LogP contribution in [0.5, 0.6) is 0 Å². The molecule has 1 saturated heterocycles. The van der Waals surface area contributed by atoms with Gasteiger partial charge in [-0.05, 0) is 92.4 Å². The average Bonchev–Trinajstić information content (AvgIpc) is 3.91. The van der Waals surface area contributed by atoms with Gasteiger partial charge in [-0.25, -0.2) is 19.8 Å². The number of carbonyl (C=O) groups is 2. The number of fused-ring (bicyclic) bond motifs is 2. The minimum Gasteiger partial charge on any atom is -0.444 e. The van der Waals surface area contributed by atoms with Crippen molar-refractivity contribution in [3.8, 4) is 0 Å². The number of para-hydroxylation sites is 2. The molecule has 3 aliphatic heterocycles. The number of likely N-dealkylation sites (tertiary alicyclic amines) is 1. The smallest absolute Gasteiger partial charge is 0.410 e. The van der Waals surface area contributed by atoms with Gasteiger partial charge < -0.3 is 20.7 Å². The Morgan fingerprint density at radius 3 is 2.06 bits per heavy atom. The second kappa shape index (κ2) is 15.4. The van der Waals surface area contributed by atoms with E-state index in [1.54, 1.807) is 29.4 Å². The quantitative estimate of drug-likeness (QED) is 0.135. The highest BCUT2D eigenvalue weighted by molar-refractivity contribution is 6.30. The lowest BCUT2D eigenvalue weighted by Crippen LogP contribution is -2.35. The molecule has 5 heterocycles. The van der Waals surface area contributed by atoms with Gasteiger partial charge in [-0.2, -0.15) is 0 Å². The summed E-state index contributed by atoms with van der Waals surface area (Å²) in [6.07, 6.45) is 5.33. The monoisotopic (exact) mass is 759 g/mol. The molecule has 274 valence electrons. The Hall–Kier alpha value is -5.58. The lowest BCUT2D eigenvalue weighted by atomic mass is 9.96. The summed E-state index contributed by atoms with van der Waals surface area (Å²) in [5, 5.41) is 3.94. The number of anilines is 2. The van der Waals surface area contributed by atoms with Crippen LogP contribution in [-0.2, 0) is 17.6 Å². The van der Waals surface area contributed by atoms with Gasteiger partial charge in [-0.3, -0.25) is 9.79 Å². The van der Waals surface area contributed by atoms with Crippen molar-refractivity contribution in [3.05, 3.63) is 141 Å². The second-order valence-corrected chi connectivity index (χ2v) is 15.1. The summed E-state index contributed by atoms with van der Waals surface area (Å²) in [6.45, 7) is 6.80. The van der Waals surface area contributed by atoms with E-state index in [4.69, 9.17) is 38.7 Å². The van der Waals surface area contributed by atoms with Crippen LogP contribution in [0.15, 0.2) is 107 Å². The van der Waals surface area contributed by atoms with Crippen LogP contribution in [0, 0.1) is 0 Å². The third kappa shape index (κ3) is 8.46. The van der Waals surface area contributed by atoms with E-state index in [1.807, 2.05) is 93.6 Å². The number of nitrogens with zero attached hydrogens (tertiary/aromatic N) is 5. The fraction of sp³-hybridized carbons (Fsp3) is 0.238. The van der Waals surface area contributed by atoms with Crippen LogP contribution in [0.4, 0.5) is 27.5 Å². The SMILES string of the molecule is CC(C)(C)OC(=O)N1CCC(c2cccc(C(=O)Nc3cccc4c3N=C(c3ccnc(Cl)c3)C4)c2)C1.Nc1cccc2c1N=C(c1ccnc(Cl)c1)C2. The summed E-state index contributed by atoms with van der Waals surface area (Å²) < 4.78 is 5.51. The minimum absolute atomic E-state index is 0.153. The molecule has 1 atom stereocenters. The van der Waals surface area contributed by atoms with Crippen LogP contribution < -0.4 is 11.1 Å². The van der Waals surface area contributed by atoms with E-state index in [2.05, 4.69) is 20.3 Å². The molecule has 0 spiro atoms. The molecule has 3 aliphatic rings. The van der Waals surface area contributed by atoms with Crippen LogP contribution in [0.2, 0.25) is 10.3 Å². The molecule has 0 aliphatic carbocycles. The zero-order chi connectivity index (χ0) is 38.0. The number of halogens is 2. The van der Waals surface area contributed by atoms with Crippen molar-refractivity contribution in [1.29, 1.82) is 0 Å². The Balaban J connectivity index is 0.000000219. The Morgan fingerprint density at radius 1 is 0.815 bits per heavy atom. The van der Waals surface area contributed by atoms with Crippen molar-refractivity contribution >= 4 is 69.4 Å². The first-order chi connectivity index (χ1) is 25.9. The number of rotatable bonds is 5. The molecule has 1 unspecified atom stereocenters. The molecule has 54 heavy (non-hydrogen) atoms. The van der Waals surface area contributed by atoms with E-state index in [1.165, 1.54) is 0 Å². The molecule has 1 fully saturated rings. The van der Waals surface area contributed by atoms with Gasteiger partial charge in [-0.15, -0.1) is 0 Å². The van der Waals surface area contributed by atoms with Crippen molar-refractivity contribution in [3.63, 3.8) is 0 Å². The number of nitrogens with two attached hydrogens (primary N) is 1. The second-order valence-electron chi connectivity index (χ2n) is 14.4.